The van der Waals surface area contributed by atoms with Crippen LogP contribution in [0.3, 0.4) is 0 Å². The van der Waals surface area contributed by atoms with Crippen molar-refractivity contribution in [2.24, 2.45) is 0 Å². The third-order valence-corrected chi connectivity index (χ3v) is 3.00. The van der Waals surface area contributed by atoms with Crippen LogP contribution in [0.25, 0.3) is 0 Å². The summed E-state index contributed by atoms with van der Waals surface area (Å²) in [5, 5.41) is 12.7. The van der Waals surface area contributed by atoms with Crippen LogP contribution in [0.5, 0.6) is 5.75 Å². The van der Waals surface area contributed by atoms with Gasteiger partial charge in [0.15, 0.2) is 0 Å². The Hall–Kier alpha value is -1.09. The van der Waals surface area contributed by atoms with Gasteiger partial charge in [0.25, 0.3) is 0 Å². The van der Waals surface area contributed by atoms with Crippen molar-refractivity contribution in [1.82, 2.24) is 5.32 Å². The minimum atomic E-state index is -0.165. The van der Waals surface area contributed by atoms with E-state index in [4.69, 9.17) is 0 Å². The number of hydrogen-bond acceptors (Lipinski definition) is 2. The molecule has 0 amide bonds. The second kappa shape index (κ2) is 4.19. The lowest BCUT2D eigenvalue weighted by molar-refractivity contribution is 0.436. The number of phenols is 1. The van der Waals surface area contributed by atoms with Crippen LogP contribution in [0.15, 0.2) is 12.1 Å². The summed E-state index contributed by atoms with van der Waals surface area (Å²) < 4.78 is 13.8. The molecule has 0 radical (unpaired) electrons. The van der Waals surface area contributed by atoms with Gasteiger partial charge in [-0.25, -0.2) is 4.39 Å². The zero-order valence-corrected chi connectivity index (χ0v) is 8.89. The summed E-state index contributed by atoms with van der Waals surface area (Å²) in [6, 6.07) is 3.02. The van der Waals surface area contributed by atoms with Gasteiger partial charge in [-0.1, -0.05) is 0 Å². The van der Waals surface area contributed by atoms with Crippen LogP contribution >= 0.6 is 0 Å². The Morgan fingerprint density at radius 3 is 2.93 bits per heavy atom. The van der Waals surface area contributed by atoms with Crippen molar-refractivity contribution in [2.45, 2.75) is 25.7 Å². The largest absolute Gasteiger partial charge is 0.508 e. The highest BCUT2D eigenvalue weighted by molar-refractivity contribution is 5.36. The van der Waals surface area contributed by atoms with Crippen LogP contribution in [-0.4, -0.2) is 18.2 Å². The van der Waals surface area contributed by atoms with Gasteiger partial charge in [-0.05, 0) is 55.5 Å². The number of aromatic hydroxyl groups is 1. The van der Waals surface area contributed by atoms with Gasteiger partial charge in [0, 0.05) is 6.54 Å². The highest BCUT2D eigenvalue weighted by atomic mass is 19.1. The van der Waals surface area contributed by atoms with Crippen LogP contribution in [-0.2, 0) is 0 Å². The van der Waals surface area contributed by atoms with Crippen molar-refractivity contribution in [3.8, 4) is 5.75 Å². The number of benzene rings is 1. The van der Waals surface area contributed by atoms with Crippen LogP contribution in [0.1, 0.15) is 29.9 Å². The van der Waals surface area contributed by atoms with E-state index in [9.17, 15) is 9.50 Å². The first-order chi connectivity index (χ1) is 7.18. The van der Waals surface area contributed by atoms with Gasteiger partial charge in [0.1, 0.15) is 11.6 Å². The molecule has 1 aliphatic rings. The first kappa shape index (κ1) is 10.4. The molecule has 1 atom stereocenters. The predicted molar refractivity (Wildman–Crippen MR) is 57.6 cm³/mol. The maximum absolute atomic E-state index is 13.8. The molecule has 1 unspecified atom stereocenters. The van der Waals surface area contributed by atoms with Gasteiger partial charge in [-0.3, -0.25) is 0 Å². The van der Waals surface area contributed by atoms with E-state index in [-0.39, 0.29) is 17.5 Å². The molecule has 15 heavy (non-hydrogen) atoms. The fraction of sp³-hybridized carbons (Fsp3) is 0.500. The minimum Gasteiger partial charge on any atom is -0.508 e. The Kier molecular flexibility index (Phi) is 2.91. The lowest BCUT2D eigenvalue weighted by Crippen LogP contribution is -2.28. The van der Waals surface area contributed by atoms with Crippen molar-refractivity contribution in [3.05, 3.63) is 29.1 Å². The normalized spacial score (nSPS) is 21.6. The maximum Gasteiger partial charge on any atom is 0.129 e. The van der Waals surface area contributed by atoms with E-state index in [1.165, 1.54) is 6.07 Å². The van der Waals surface area contributed by atoms with E-state index < -0.39 is 0 Å². The van der Waals surface area contributed by atoms with Gasteiger partial charge in [-0.2, -0.15) is 0 Å². The number of hydrogen-bond donors (Lipinski definition) is 2. The maximum atomic E-state index is 13.8. The van der Waals surface area contributed by atoms with Crippen molar-refractivity contribution in [2.75, 3.05) is 13.1 Å². The molecule has 1 aromatic rings. The lowest BCUT2D eigenvalue weighted by Gasteiger charge is -2.24. The second-order valence-electron chi connectivity index (χ2n) is 4.21. The zero-order chi connectivity index (χ0) is 10.8. The Labute approximate surface area is 89.1 Å². The van der Waals surface area contributed by atoms with E-state index in [0.717, 1.165) is 25.9 Å². The van der Waals surface area contributed by atoms with E-state index in [0.29, 0.717) is 11.1 Å². The molecule has 2 N–H and O–H groups in total. The topological polar surface area (TPSA) is 32.3 Å². The summed E-state index contributed by atoms with van der Waals surface area (Å²) in [5.41, 5.74) is 1.18. The highest BCUT2D eigenvalue weighted by Crippen LogP contribution is 2.30. The Balaban J connectivity index is 2.33. The fourth-order valence-corrected chi connectivity index (χ4v) is 2.19. The van der Waals surface area contributed by atoms with Crippen LogP contribution in [0, 0.1) is 12.7 Å². The fourth-order valence-electron chi connectivity index (χ4n) is 2.19. The van der Waals surface area contributed by atoms with Crippen LogP contribution < -0.4 is 5.32 Å². The number of piperidine rings is 1. The summed E-state index contributed by atoms with van der Waals surface area (Å²) in [4.78, 5) is 0. The first-order valence-corrected chi connectivity index (χ1v) is 5.38. The summed E-state index contributed by atoms with van der Waals surface area (Å²) in [7, 11) is 0. The van der Waals surface area contributed by atoms with Crippen molar-refractivity contribution in [1.29, 1.82) is 0 Å². The van der Waals surface area contributed by atoms with E-state index >= 15 is 0 Å². The Bertz CT molecular complexity index is 359. The third kappa shape index (κ3) is 2.12. The zero-order valence-electron chi connectivity index (χ0n) is 8.89. The molecule has 2 nitrogen and oxygen atoms in total. The van der Waals surface area contributed by atoms with E-state index in [1.807, 2.05) is 0 Å². The Morgan fingerprint density at radius 2 is 2.27 bits per heavy atom. The van der Waals surface area contributed by atoms with Crippen molar-refractivity contribution >= 4 is 0 Å². The van der Waals surface area contributed by atoms with Crippen LogP contribution in [0.2, 0.25) is 0 Å². The smallest absolute Gasteiger partial charge is 0.129 e. The van der Waals surface area contributed by atoms with Crippen molar-refractivity contribution < 1.29 is 9.50 Å². The molecule has 0 aromatic heterocycles. The molecule has 1 heterocycles. The van der Waals surface area contributed by atoms with Gasteiger partial charge >= 0.3 is 0 Å². The number of phenolic OH excluding ortho intramolecular Hbond substituents is 1. The molecule has 1 fully saturated rings. The number of nitrogens with one attached hydrogen (secondary N) is 1. The second-order valence-corrected chi connectivity index (χ2v) is 4.21. The number of aryl methyl sites for hydroxylation is 1. The molecule has 1 saturated heterocycles. The third-order valence-electron chi connectivity index (χ3n) is 3.00. The minimum absolute atomic E-state index is 0.162. The molecule has 82 valence electrons. The number of halogens is 1. The van der Waals surface area contributed by atoms with Crippen LogP contribution in [0.4, 0.5) is 4.39 Å². The monoisotopic (exact) mass is 209 g/mol. The van der Waals surface area contributed by atoms with E-state index in [1.54, 1.807) is 13.0 Å². The van der Waals surface area contributed by atoms with Gasteiger partial charge < -0.3 is 10.4 Å². The summed E-state index contributed by atoms with van der Waals surface area (Å²) in [5.74, 6) is 0.195. The van der Waals surface area contributed by atoms with Crippen molar-refractivity contribution in [3.63, 3.8) is 0 Å². The summed E-state index contributed by atoms with van der Waals surface area (Å²) in [6.07, 6.45) is 2.06. The average Bonchev–Trinajstić information content (AvgIpc) is 2.24. The molecular formula is C12H16FNO. The predicted octanol–water partition coefficient (Wildman–Crippen LogP) is 2.31. The molecule has 0 aliphatic carbocycles. The average molecular weight is 209 g/mol. The van der Waals surface area contributed by atoms with E-state index in [2.05, 4.69) is 5.32 Å². The summed E-state index contributed by atoms with van der Waals surface area (Å²) in [6.45, 7) is 3.50. The Morgan fingerprint density at radius 1 is 1.47 bits per heavy atom. The standard InChI is InChI=1S/C12H16FNO/c1-8-5-10(15)6-11(12(8)13)9-3-2-4-14-7-9/h5-6,9,14-15H,2-4,7H2,1H3. The summed E-state index contributed by atoms with van der Waals surface area (Å²) >= 11 is 0. The molecule has 2 rings (SSSR count). The van der Waals surface area contributed by atoms with Gasteiger partial charge in [0.2, 0.25) is 0 Å². The molecular weight excluding hydrogens is 193 g/mol. The molecule has 3 heteroatoms. The molecule has 0 saturated carbocycles. The molecule has 0 bridgehead atoms. The lowest BCUT2D eigenvalue weighted by atomic mass is 9.90. The molecule has 1 aliphatic heterocycles. The SMILES string of the molecule is Cc1cc(O)cc(C2CCCNC2)c1F. The number of rotatable bonds is 1. The van der Waals surface area contributed by atoms with Gasteiger partial charge in [-0.15, -0.1) is 0 Å². The molecule has 0 spiro atoms. The molecule has 1 aromatic carbocycles. The van der Waals surface area contributed by atoms with Gasteiger partial charge in [0.05, 0.1) is 0 Å². The first-order valence-electron chi connectivity index (χ1n) is 5.38. The highest BCUT2D eigenvalue weighted by Gasteiger charge is 2.20. The quantitative estimate of drug-likeness (QED) is 0.744.